The van der Waals surface area contributed by atoms with Crippen molar-refractivity contribution in [3.63, 3.8) is 0 Å². The average Bonchev–Trinajstić information content (AvgIpc) is 2.26. The highest BCUT2D eigenvalue weighted by molar-refractivity contribution is 5.81. The summed E-state index contributed by atoms with van der Waals surface area (Å²) in [4.78, 5) is 11.9. The molecular formula is C15H26O. The van der Waals surface area contributed by atoms with E-state index in [1.807, 2.05) is 6.92 Å². The molecule has 0 N–H and O–H groups in total. The van der Waals surface area contributed by atoms with Crippen LogP contribution in [0.2, 0.25) is 0 Å². The quantitative estimate of drug-likeness (QED) is 0.631. The molecule has 0 radical (unpaired) electrons. The molecule has 1 heteroatoms. The van der Waals surface area contributed by atoms with Crippen LogP contribution in [-0.2, 0) is 4.79 Å². The Morgan fingerprint density at radius 1 is 1.19 bits per heavy atom. The van der Waals surface area contributed by atoms with Crippen molar-refractivity contribution in [3.05, 3.63) is 12.2 Å². The zero-order valence-corrected chi connectivity index (χ0v) is 11.1. The van der Waals surface area contributed by atoms with Crippen LogP contribution in [0.4, 0.5) is 0 Å². The summed E-state index contributed by atoms with van der Waals surface area (Å²) in [5, 5.41) is 0. The summed E-state index contributed by atoms with van der Waals surface area (Å²) in [6.07, 6.45) is 6.34. The standard InChI is InChI=1S/C15H26O/c1-11(2)5-10-15(16)14-8-6-13(7-9-14)12(3)4/h12-14H,1,5-10H2,2-4H3. The van der Waals surface area contributed by atoms with Gasteiger partial charge in [0.1, 0.15) is 5.78 Å². The first kappa shape index (κ1) is 13.5. The number of allylic oxidation sites excluding steroid dienone is 1. The molecule has 1 saturated carbocycles. The van der Waals surface area contributed by atoms with Gasteiger partial charge in [-0.1, -0.05) is 19.4 Å². The van der Waals surface area contributed by atoms with Gasteiger partial charge in [0.15, 0.2) is 0 Å². The van der Waals surface area contributed by atoms with E-state index in [9.17, 15) is 4.79 Å². The average molecular weight is 222 g/mol. The van der Waals surface area contributed by atoms with Gasteiger partial charge in [-0.05, 0) is 50.9 Å². The molecule has 0 unspecified atom stereocenters. The van der Waals surface area contributed by atoms with Crippen LogP contribution in [0.1, 0.15) is 59.3 Å². The molecule has 0 aromatic carbocycles. The van der Waals surface area contributed by atoms with E-state index in [0.29, 0.717) is 18.1 Å². The Morgan fingerprint density at radius 3 is 2.19 bits per heavy atom. The molecule has 0 amide bonds. The van der Waals surface area contributed by atoms with E-state index >= 15 is 0 Å². The number of carbonyl (C=O) groups excluding carboxylic acids is 1. The van der Waals surface area contributed by atoms with Crippen molar-refractivity contribution >= 4 is 5.78 Å². The largest absolute Gasteiger partial charge is 0.299 e. The maximum atomic E-state index is 11.9. The van der Waals surface area contributed by atoms with Crippen LogP contribution in [0.25, 0.3) is 0 Å². The van der Waals surface area contributed by atoms with Crippen LogP contribution in [-0.4, -0.2) is 5.78 Å². The van der Waals surface area contributed by atoms with E-state index in [2.05, 4.69) is 20.4 Å². The van der Waals surface area contributed by atoms with Crippen molar-refractivity contribution in [1.29, 1.82) is 0 Å². The number of hydrogen-bond acceptors (Lipinski definition) is 1. The van der Waals surface area contributed by atoms with Crippen LogP contribution < -0.4 is 0 Å². The second-order valence-corrected chi connectivity index (χ2v) is 5.78. The summed E-state index contributed by atoms with van der Waals surface area (Å²) in [6.45, 7) is 10.5. The SMILES string of the molecule is C=C(C)CCC(=O)C1CCC(C(C)C)CC1. The molecule has 0 aromatic rings. The highest BCUT2D eigenvalue weighted by Crippen LogP contribution is 2.34. The molecule has 0 saturated heterocycles. The van der Waals surface area contributed by atoms with Crippen LogP contribution in [0.5, 0.6) is 0 Å². The summed E-state index contributed by atoms with van der Waals surface area (Å²) in [7, 11) is 0. The monoisotopic (exact) mass is 222 g/mol. The van der Waals surface area contributed by atoms with Crippen molar-refractivity contribution in [1.82, 2.24) is 0 Å². The molecular weight excluding hydrogens is 196 g/mol. The van der Waals surface area contributed by atoms with Crippen LogP contribution in [0.15, 0.2) is 12.2 Å². The lowest BCUT2D eigenvalue weighted by atomic mass is 9.75. The van der Waals surface area contributed by atoms with Gasteiger partial charge in [0, 0.05) is 12.3 Å². The minimum Gasteiger partial charge on any atom is -0.299 e. The number of Topliss-reactive ketones (excluding diaryl/α,β-unsaturated/α-hetero) is 1. The second kappa shape index (κ2) is 6.22. The molecule has 0 heterocycles. The molecule has 0 aromatic heterocycles. The second-order valence-electron chi connectivity index (χ2n) is 5.78. The first-order chi connectivity index (χ1) is 7.50. The van der Waals surface area contributed by atoms with Crippen molar-refractivity contribution < 1.29 is 4.79 Å². The molecule has 1 aliphatic rings. The maximum absolute atomic E-state index is 11.9. The van der Waals surface area contributed by atoms with Crippen molar-refractivity contribution in [3.8, 4) is 0 Å². The Labute approximate surface area is 100 Å². The first-order valence-corrected chi connectivity index (χ1v) is 6.67. The summed E-state index contributed by atoms with van der Waals surface area (Å²) in [5.41, 5.74) is 1.13. The predicted molar refractivity (Wildman–Crippen MR) is 69.3 cm³/mol. The number of carbonyl (C=O) groups is 1. The van der Waals surface area contributed by atoms with Gasteiger partial charge in [-0.15, -0.1) is 6.58 Å². The molecule has 0 spiro atoms. The first-order valence-electron chi connectivity index (χ1n) is 6.67. The van der Waals surface area contributed by atoms with Gasteiger partial charge in [0.2, 0.25) is 0 Å². The lowest BCUT2D eigenvalue weighted by Gasteiger charge is -2.30. The lowest BCUT2D eigenvalue weighted by molar-refractivity contribution is -0.124. The van der Waals surface area contributed by atoms with Gasteiger partial charge < -0.3 is 0 Å². The zero-order chi connectivity index (χ0) is 12.1. The molecule has 0 bridgehead atoms. The third-order valence-corrected chi connectivity index (χ3v) is 3.97. The predicted octanol–water partition coefficient (Wildman–Crippen LogP) is 4.37. The third-order valence-electron chi connectivity index (χ3n) is 3.97. The molecule has 1 nitrogen and oxygen atoms in total. The molecule has 1 fully saturated rings. The van der Waals surface area contributed by atoms with E-state index in [0.717, 1.165) is 36.7 Å². The minimum atomic E-state index is 0.356. The molecule has 0 aliphatic heterocycles. The normalized spacial score (nSPS) is 25.8. The fraction of sp³-hybridized carbons (Fsp3) is 0.800. The van der Waals surface area contributed by atoms with E-state index in [4.69, 9.17) is 0 Å². The summed E-state index contributed by atoms with van der Waals surface area (Å²) in [5.74, 6) is 2.47. The van der Waals surface area contributed by atoms with Crippen LogP contribution >= 0.6 is 0 Å². The van der Waals surface area contributed by atoms with Gasteiger partial charge in [0.25, 0.3) is 0 Å². The number of ketones is 1. The minimum absolute atomic E-state index is 0.356. The van der Waals surface area contributed by atoms with Crippen molar-refractivity contribution in [2.24, 2.45) is 17.8 Å². The maximum Gasteiger partial charge on any atom is 0.136 e. The van der Waals surface area contributed by atoms with E-state index < -0.39 is 0 Å². The van der Waals surface area contributed by atoms with Gasteiger partial charge in [0.05, 0.1) is 0 Å². The summed E-state index contributed by atoms with van der Waals surface area (Å²) < 4.78 is 0. The molecule has 92 valence electrons. The smallest absolute Gasteiger partial charge is 0.136 e. The fourth-order valence-corrected chi connectivity index (χ4v) is 2.65. The van der Waals surface area contributed by atoms with Crippen molar-refractivity contribution in [2.75, 3.05) is 0 Å². The van der Waals surface area contributed by atoms with E-state index in [1.165, 1.54) is 12.8 Å². The molecule has 0 atom stereocenters. The Morgan fingerprint density at radius 2 is 1.75 bits per heavy atom. The summed E-state index contributed by atoms with van der Waals surface area (Å²) in [6, 6.07) is 0. The lowest BCUT2D eigenvalue weighted by Crippen LogP contribution is -2.24. The van der Waals surface area contributed by atoms with Gasteiger partial charge in [-0.3, -0.25) is 4.79 Å². The molecule has 1 rings (SSSR count). The topological polar surface area (TPSA) is 17.1 Å². The van der Waals surface area contributed by atoms with Gasteiger partial charge in [-0.2, -0.15) is 0 Å². The van der Waals surface area contributed by atoms with E-state index in [1.54, 1.807) is 0 Å². The highest BCUT2D eigenvalue weighted by Gasteiger charge is 2.26. The number of rotatable bonds is 5. The Hall–Kier alpha value is -0.590. The highest BCUT2D eigenvalue weighted by atomic mass is 16.1. The zero-order valence-electron chi connectivity index (χ0n) is 11.1. The Kier molecular flexibility index (Phi) is 5.24. The van der Waals surface area contributed by atoms with Crippen LogP contribution in [0.3, 0.4) is 0 Å². The molecule has 16 heavy (non-hydrogen) atoms. The molecule has 1 aliphatic carbocycles. The van der Waals surface area contributed by atoms with E-state index in [-0.39, 0.29) is 0 Å². The Bertz CT molecular complexity index is 244. The van der Waals surface area contributed by atoms with Crippen molar-refractivity contribution in [2.45, 2.75) is 59.3 Å². The Balaban J connectivity index is 2.30. The summed E-state index contributed by atoms with van der Waals surface area (Å²) >= 11 is 0. The van der Waals surface area contributed by atoms with Gasteiger partial charge >= 0.3 is 0 Å². The van der Waals surface area contributed by atoms with Gasteiger partial charge in [-0.25, -0.2) is 0 Å². The van der Waals surface area contributed by atoms with Crippen LogP contribution in [0, 0.1) is 17.8 Å². The fourth-order valence-electron chi connectivity index (χ4n) is 2.65. The third kappa shape index (κ3) is 4.11. The number of hydrogen-bond donors (Lipinski definition) is 0.